The van der Waals surface area contributed by atoms with E-state index in [1.165, 1.54) is 5.56 Å². The zero-order valence-corrected chi connectivity index (χ0v) is 14.3. The lowest BCUT2D eigenvalue weighted by Crippen LogP contribution is -2.41. The summed E-state index contributed by atoms with van der Waals surface area (Å²) in [6.07, 6.45) is 0.929. The van der Waals surface area contributed by atoms with Crippen molar-refractivity contribution in [3.05, 3.63) is 45.8 Å². The molecule has 0 saturated carbocycles. The number of benzene rings is 1. The molecule has 4 rings (SSSR count). The van der Waals surface area contributed by atoms with Crippen LogP contribution in [0.2, 0.25) is 0 Å². The Morgan fingerprint density at radius 2 is 2.08 bits per heavy atom. The molecule has 2 aliphatic rings. The molecule has 0 unspecified atom stereocenters. The number of hydrogen-bond donors (Lipinski definition) is 1. The maximum atomic E-state index is 12.2. The van der Waals surface area contributed by atoms with Gasteiger partial charge in [-0.15, -0.1) is 0 Å². The van der Waals surface area contributed by atoms with Crippen molar-refractivity contribution in [2.24, 2.45) is 5.92 Å². The molecular weight excluding hydrogens is 320 g/mol. The number of fused-ring (bicyclic) bond motifs is 4. The summed E-state index contributed by atoms with van der Waals surface area (Å²) in [7, 11) is 0. The van der Waals surface area contributed by atoms with Crippen LogP contribution in [-0.4, -0.2) is 43.2 Å². The Morgan fingerprint density at radius 1 is 1.20 bits per heavy atom. The van der Waals surface area contributed by atoms with Crippen LogP contribution in [0, 0.1) is 5.92 Å². The fourth-order valence-corrected chi connectivity index (χ4v) is 3.72. The van der Waals surface area contributed by atoms with E-state index in [-0.39, 0.29) is 23.5 Å². The topological polar surface area (TPSA) is 71.8 Å². The van der Waals surface area contributed by atoms with E-state index in [1.807, 2.05) is 12.1 Å². The highest BCUT2D eigenvalue weighted by Gasteiger charge is 2.33. The number of carbonyl (C=O) groups is 1. The van der Waals surface area contributed by atoms with Crippen LogP contribution in [0.1, 0.15) is 18.1 Å². The summed E-state index contributed by atoms with van der Waals surface area (Å²) in [5.41, 5.74) is 2.45. The number of carbonyl (C=O) groups excluding carboxylic acids is 1. The summed E-state index contributed by atoms with van der Waals surface area (Å²) < 4.78 is 10.9. The lowest BCUT2D eigenvalue weighted by molar-refractivity contribution is -0.125. The van der Waals surface area contributed by atoms with Gasteiger partial charge < -0.3 is 14.5 Å². The molecule has 0 radical (unpaired) electrons. The fraction of sp³-hybridized carbons (Fsp3) is 0.474. The molecule has 2 bridgehead atoms. The highest BCUT2D eigenvalue weighted by atomic mass is 16.5. The number of rotatable bonds is 3. The number of nitrogens with one attached hydrogen (secondary N) is 1. The number of nitrogens with zero attached hydrogens (tertiary/aromatic N) is 1. The molecule has 2 aliphatic heterocycles. The van der Waals surface area contributed by atoms with Crippen molar-refractivity contribution >= 4 is 16.9 Å². The van der Waals surface area contributed by atoms with Gasteiger partial charge in [-0.1, -0.05) is 13.0 Å². The largest absolute Gasteiger partial charge is 0.423 e. The lowest BCUT2D eigenvalue weighted by atomic mass is 10.0. The first-order chi connectivity index (χ1) is 12.1. The molecule has 1 amide bonds. The van der Waals surface area contributed by atoms with Crippen LogP contribution in [0.5, 0.6) is 0 Å². The second-order valence-electron chi connectivity index (χ2n) is 6.91. The smallest absolute Gasteiger partial charge is 0.336 e. The van der Waals surface area contributed by atoms with Crippen molar-refractivity contribution in [1.29, 1.82) is 0 Å². The maximum Gasteiger partial charge on any atom is 0.336 e. The monoisotopic (exact) mass is 342 g/mol. The molecule has 1 aromatic carbocycles. The molecule has 2 aromatic rings. The van der Waals surface area contributed by atoms with Crippen LogP contribution in [-0.2, 0) is 22.5 Å². The normalized spacial score (nSPS) is 24.1. The molecule has 2 atom stereocenters. The van der Waals surface area contributed by atoms with Crippen LogP contribution < -0.4 is 10.9 Å². The summed E-state index contributed by atoms with van der Waals surface area (Å²) in [5.74, 6) is -0.0965. The molecule has 3 heterocycles. The average molecular weight is 342 g/mol. The summed E-state index contributed by atoms with van der Waals surface area (Å²) in [4.78, 5) is 26.3. The SMILES string of the molecule is CCc1ccc2oc(=O)cc(CN3C[C@H]4COC[C@@H](C3)C(=O)N4)c2c1. The van der Waals surface area contributed by atoms with Crippen LogP contribution >= 0.6 is 0 Å². The second-order valence-corrected chi connectivity index (χ2v) is 6.91. The minimum absolute atomic E-state index is 0.00223. The van der Waals surface area contributed by atoms with Gasteiger partial charge in [0.15, 0.2) is 0 Å². The minimum Gasteiger partial charge on any atom is -0.423 e. The molecule has 2 fully saturated rings. The molecule has 1 N–H and O–H groups in total. The van der Waals surface area contributed by atoms with E-state index in [2.05, 4.69) is 23.2 Å². The first kappa shape index (κ1) is 16.3. The van der Waals surface area contributed by atoms with Crippen LogP contribution in [0.3, 0.4) is 0 Å². The van der Waals surface area contributed by atoms with E-state index in [0.717, 1.165) is 23.9 Å². The van der Waals surface area contributed by atoms with E-state index < -0.39 is 0 Å². The van der Waals surface area contributed by atoms with Crippen molar-refractivity contribution in [3.8, 4) is 0 Å². The van der Waals surface area contributed by atoms with Crippen LogP contribution in [0.25, 0.3) is 11.0 Å². The Morgan fingerprint density at radius 3 is 2.92 bits per heavy atom. The molecule has 1 aromatic heterocycles. The van der Waals surface area contributed by atoms with Gasteiger partial charge in [-0.2, -0.15) is 0 Å². The van der Waals surface area contributed by atoms with Gasteiger partial charge in [0.05, 0.1) is 25.2 Å². The molecule has 0 spiro atoms. The Bertz CT molecular complexity index is 860. The van der Waals surface area contributed by atoms with E-state index in [4.69, 9.17) is 9.15 Å². The average Bonchev–Trinajstić information content (AvgIpc) is 2.83. The number of aryl methyl sites for hydroxylation is 1. The summed E-state index contributed by atoms with van der Waals surface area (Å²) in [6.45, 7) is 5.08. The molecule has 6 heteroatoms. The van der Waals surface area contributed by atoms with Crippen molar-refractivity contribution in [2.45, 2.75) is 25.9 Å². The minimum atomic E-state index is -0.334. The number of amides is 1. The Balaban J connectivity index is 1.68. The van der Waals surface area contributed by atoms with Gasteiger partial charge in [0.1, 0.15) is 5.58 Å². The molecule has 6 nitrogen and oxygen atoms in total. The zero-order valence-electron chi connectivity index (χ0n) is 14.3. The third-order valence-electron chi connectivity index (χ3n) is 5.01. The predicted molar refractivity (Wildman–Crippen MR) is 93.4 cm³/mol. The molecule has 25 heavy (non-hydrogen) atoms. The van der Waals surface area contributed by atoms with Crippen molar-refractivity contribution in [1.82, 2.24) is 10.2 Å². The molecular formula is C19H22N2O4. The predicted octanol–water partition coefficient (Wildman–Crippen LogP) is 1.30. The van der Waals surface area contributed by atoms with Gasteiger partial charge in [-0.05, 0) is 29.7 Å². The van der Waals surface area contributed by atoms with E-state index >= 15 is 0 Å². The molecule has 0 aliphatic carbocycles. The highest BCUT2D eigenvalue weighted by molar-refractivity contribution is 5.81. The summed E-state index contributed by atoms with van der Waals surface area (Å²) >= 11 is 0. The molecule has 2 saturated heterocycles. The van der Waals surface area contributed by atoms with Gasteiger partial charge in [0.2, 0.25) is 5.91 Å². The van der Waals surface area contributed by atoms with Gasteiger partial charge in [0.25, 0.3) is 0 Å². The van der Waals surface area contributed by atoms with Crippen LogP contribution in [0.4, 0.5) is 0 Å². The number of ether oxygens (including phenoxy) is 1. The second kappa shape index (κ2) is 6.61. The van der Waals surface area contributed by atoms with Crippen molar-refractivity contribution < 1.29 is 13.9 Å². The van der Waals surface area contributed by atoms with Gasteiger partial charge in [-0.25, -0.2) is 4.79 Å². The Labute approximate surface area is 145 Å². The van der Waals surface area contributed by atoms with E-state index in [0.29, 0.717) is 31.9 Å². The maximum absolute atomic E-state index is 12.2. The summed E-state index contributed by atoms with van der Waals surface area (Å²) in [5, 5.41) is 4.01. The molecule has 132 valence electrons. The quantitative estimate of drug-likeness (QED) is 0.852. The van der Waals surface area contributed by atoms with Crippen molar-refractivity contribution in [2.75, 3.05) is 26.3 Å². The summed E-state index contributed by atoms with van der Waals surface area (Å²) in [6, 6.07) is 7.53. The number of hydrogen-bond acceptors (Lipinski definition) is 5. The van der Waals surface area contributed by atoms with Gasteiger partial charge in [0, 0.05) is 31.1 Å². The highest BCUT2D eigenvalue weighted by Crippen LogP contribution is 2.22. The zero-order chi connectivity index (χ0) is 17.4. The lowest BCUT2D eigenvalue weighted by Gasteiger charge is -2.27. The van der Waals surface area contributed by atoms with Crippen molar-refractivity contribution in [3.63, 3.8) is 0 Å². The van der Waals surface area contributed by atoms with E-state index in [1.54, 1.807) is 6.07 Å². The third kappa shape index (κ3) is 3.32. The van der Waals surface area contributed by atoms with E-state index in [9.17, 15) is 9.59 Å². The van der Waals surface area contributed by atoms with Crippen LogP contribution in [0.15, 0.2) is 33.5 Å². The standard InChI is InChI=1S/C19H22N2O4/c1-2-12-3-4-17-16(5-12)13(6-18(22)25-17)7-21-8-14-10-24-11-15(9-21)20-19(14)23/h3-6,14-15H,2,7-11H2,1H3,(H,20,23)/t14-,15+/m1/s1. The Hall–Kier alpha value is -2.18. The fourth-order valence-electron chi connectivity index (χ4n) is 3.72. The third-order valence-corrected chi connectivity index (χ3v) is 5.01. The van der Waals surface area contributed by atoms with Gasteiger partial charge in [-0.3, -0.25) is 9.69 Å². The Kier molecular flexibility index (Phi) is 4.31. The van der Waals surface area contributed by atoms with Gasteiger partial charge >= 0.3 is 5.63 Å². The first-order valence-corrected chi connectivity index (χ1v) is 8.78. The first-order valence-electron chi connectivity index (χ1n) is 8.78.